The van der Waals surface area contributed by atoms with Crippen LogP contribution in [0.2, 0.25) is 0 Å². The van der Waals surface area contributed by atoms with E-state index in [9.17, 15) is 14.9 Å². The number of carbonyl (C=O) groups is 1. The third-order valence-electron chi connectivity index (χ3n) is 3.93. The maximum atomic E-state index is 12.3. The molecule has 0 spiro atoms. The van der Waals surface area contributed by atoms with Crippen LogP contribution in [-0.2, 0) is 0 Å². The van der Waals surface area contributed by atoms with Gasteiger partial charge in [-0.3, -0.25) is 19.5 Å². The van der Waals surface area contributed by atoms with E-state index in [0.717, 1.165) is 17.2 Å². The molecule has 0 aliphatic heterocycles. The van der Waals surface area contributed by atoms with Crippen molar-refractivity contribution in [2.45, 2.75) is 20.8 Å². The number of hydrogen-bond donors (Lipinski definition) is 1. The van der Waals surface area contributed by atoms with Crippen molar-refractivity contribution in [2.75, 3.05) is 5.32 Å². The smallest absolute Gasteiger partial charge is 0.270 e. The molecule has 1 N–H and O–H groups in total. The Labute approximate surface area is 148 Å². The van der Waals surface area contributed by atoms with Crippen molar-refractivity contribution in [3.63, 3.8) is 0 Å². The molecular formula is C17H16N6O3. The number of benzene rings is 1. The predicted molar refractivity (Wildman–Crippen MR) is 94.4 cm³/mol. The number of imidazole rings is 1. The number of nitro benzene ring substituents is 1. The molecule has 0 saturated carbocycles. The molecule has 2 aromatic heterocycles. The van der Waals surface area contributed by atoms with Crippen LogP contribution in [0.15, 0.2) is 36.7 Å². The highest BCUT2D eigenvalue weighted by Gasteiger charge is 2.14. The number of nitrogens with zero attached hydrogens (tertiary/aromatic N) is 5. The number of amides is 1. The summed E-state index contributed by atoms with van der Waals surface area (Å²) in [5.41, 5.74) is 2.26. The lowest BCUT2D eigenvalue weighted by atomic mass is 10.2. The number of nitro groups is 1. The van der Waals surface area contributed by atoms with E-state index in [-0.39, 0.29) is 11.3 Å². The number of non-ortho nitro benzene ring substituents is 1. The summed E-state index contributed by atoms with van der Waals surface area (Å²) in [6.45, 7) is 5.70. The fraction of sp³-hybridized carbons (Fsp3) is 0.176. The summed E-state index contributed by atoms with van der Waals surface area (Å²) in [6, 6.07) is 5.50. The van der Waals surface area contributed by atoms with Crippen molar-refractivity contribution in [2.24, 2.45) is 0 Å². The van der Waals surface area contributed by atoms with E-state index in [2.05, 4.69) is 20.3 Å². The summed E-state index contributed by atoms with van der Waals surface area (Å²) in [5.74, 6) is 0.748. The van der Waals surface area contributed by atoms with Gasteiger partial charge in [-0.1, -0.05) is 6.07 Å². The fourth-order valence-corrected chi connectivity index (χ4v) is 2.54. The molecule has 0 fully saturated rings. The normalized spacial score (nSPS) is 10.6. The number of carbonyl (C=O) groups excluding carboxylic acids is 1. The molecule has 132 valence electrons. The van der Waals surface area contributed by atoms with Crippen molar-refractivity contribution in [3.05, 3.63) is 69.5 Å². The highest BCUT2D eigenvalue weighted by Crippen LogP contribution is 2.17. The van der Waals surface area contributed by atoms with Gasteiger partial charge in [-0.05, 0) is 26.8 Å². The van der Waals surface area contributed by atoms with E-state index in [1.54, 1.807) is 0 Å². The van der Waals surface area contributed by atoms with Crippen LogP contribution < -0.4 is 5.32 Å². The van der Waals surface area contributed by atoms with E-state index in [0.29, 0.717) is 11.6 Å². The molecule has 9 nitrogen and oxygen atoms in total. The second kappa shape index (κ2) is 6.71. The molecule has 0 saturated heterocycles. The lowest BCUT2D eigenvalue weighted by molar-refractivity contribution is -0.384. The van der Waals surface area contributed by atoms with E-state index in [1.165, 1.54) is 36.7 Å². The third kappa shape index (κ3) is 3.27. The first-order valence-corrected chi connectivity index (χ1v) is 7.77. The molecule has 3 aromatic rings. The summed E-state index contributed by atoms with van der Waals surface area (Å²) in [5, 5.41) is 13.4. The number of aryl methyl sites for hydroxylation is 2. The second-order valence-electron chi connectivity index (χ2n) is 5.70. The Balaban J connectivity index is 1.80. The Kier molecular flexibility index (Phi) is 4.44. The van der Waals surface area contributed by atoms with Gasteiger partial charge in [0.05, 0.1) is 28.7 Å². The molecular weight excluding hydrogens is 336 g/mol. The molecule has 3 rings (SSSR count). The molecule has 26 heavy (non-hydrogen) atoms. The third-order valence-corrected chi connectivity index (χ3v) is 3.93. The van der Waals surface area contributed by atoms with Crippen LogP contribution >= 0.6 is 0 Å². The van der Waals surface area contributed by atoms with Crippen LogP contribution in [0, 0.1) is 30.9 Å². The quantitative estimate of drug-likeness (QED) is 0.570. The number of anilines is 1. The minimum absolute atomic E-state index is 0.148. The Morgan fingerprint density at radius 3 is 2.46 bits per heavy atom. The number of hydrogen-bond acceptors (Lipinski definition) is 6. The first kappa shape index (κ1) is 17.2. The predicted octanol–water partition coefficient (Wildman–Crippen LogP) is 2.75. The molecule has 0 aliphatic carbocycles. The molecule has 2 heterocycles. The van der Waals surface area contributed by atoms with Crippen LogP contribution in [0.1, 0.15) is 27.6 Å². The SMILES string of the molecule is Cc1nc(C)n(-c2ncc(NC(=O)c3cccc([N+](=O)[O-])c3)cn2)c1C. The standard InChI is InChI=1S/C17H16N6O3/c1-10-11(2)22(12(3)20-10)17-18-8-14(9-19-17)21-16(24)13-5-4-6-15(7-13)23(25)26/h4-9H,1-3H3,(H,21,24). The largest absolute Gasteiger partial charge is 0.319 e. The van der Waals surface area contributed by atoms with Crippen molar-refractivity contribution in [1.29, 1.82) is 0 Å². The zero-order valence-electron chi connectivity index (χ0n) is 14.4. The minimum Gasteiger partial charge on any atom is -0.319 e. The van der Waals surface area contributed by atoms with Gasteiger partial charge < -0.3 is 5.32 Å². The van der Waals surface area contributed by atoms with Crippen LogP contribution in [-0.4, -0.2) is 30.3 Å². The van der Waals surface area contributed by atoms with E-state index >= 15 is 0 Å². The van der Waals surface area contributed by atoms with Crippen LogP contribution in [0.4, 0.5) is 11.4 Å². The molecule has 0 radical (unpaired) electrons. The van der Waals surface area contributed by atoms with Crippen molar-refractivity contribution >= 4 is 17.3 Å². The molecule has 1 amide bonds. The topological polar surface area (TPSA) is 116 Å². The van der Waals surface area contributed by atoms with Gasteiger partial charge in [-0.15, -0.1) is 0 Å². The molecule has 0 bridgehead atoms. The van der Waals surface area contributed by atoms with Gasteiger partial charge in [-0.25, -0.2) is 15.0 Å². The first-order valence-electron chi connectivity index (χ1n) is 7.77. The second-order valence-corrected chi connectivity index (χ2v) is 5.70. The van der Waals surface area contributed by atoms with E-state index < -0.39 is 10.8 Å². The Morgan fingerprint density at radius 2 is 1.88 bits per heavy atom. The highest BCUT2D eigenvalue weighted by molar-refractivity contribution is 6.04. The number of aromatic nitrogens is 4. The van der Waals surface area contributed by atoms with Crippen molar-refractivity contribution in [3.8, 4) is 5.95 Å². The zero-order chi connectivity index (χ0) is 18.8. The molecule has 0 aliphatic rings. The zero-order valence-corrected chi connectivity index (χ0v) is 14.4. The molecule has 0 unspecified atom stereocenters. The van der Waals surface area contributed by atoms with Crippen molar-refractivity contribution in [1.82, 2.24) is 19.5 Å². The van der Waals surface area contributed by atoms with Gasteiger partial charge in [0, 0.05) is 23.4 Å². The highest BCUT2D eigenvalue weighted by atomic mass is 16.6. The molecule has 0 atom stereocenters. The Morgan fingerprint density at radius 1 is 1.19 bits per heavy atom. The average Bonchev–Trinajstić information content (AvgIpc) is 2.88. The summed E-state index contributed by atoms with van der Waals surface area (Å²) in [6.07, 6.45) is 2.96. The van der Waals surface area contributed by atoms with Gasteiger partial charge >= 0.3 is 0 Å². The average molecular weight is 352 g/mol. The summed E-state index contributed by atoms with van der Waals surface area (Å²) in [4.78, 5) is 35.4. The molecule has 9 heteroatoms. The summed E-state index contributed by atoms with van der Waals surface area (Å²) >= 11 is 0. The van der Waals surface area contributed by atoms with Crippen LogP contribution in [0.3, 0.4) is 0 Å². The van der Waals surface area contributed by atoms with Crippen molar-refractivity contribution < 1.29 is 9.72 Å². The van der Waals surface area contributed by atoms with Gasteiger partial charge in [-0.2, -0.15) is 0 Å². The monoisotopic (exact) mass is 352 g/mol. The lowest BCUT2D eigenvalue weighted by Crippen LogP contribution is -2.13. The van der Waals surface area contributed by atoms with Crippen LogP contribution in [0.5, 0.6) is 0 Å². The Hall–Kier alpha value is -3.62. The summed E-state index contributed by atoms with van der Waals surface area (Å²) in [7, 11) is 0. The Bertz CT molecular complexity index is 994. The van der Waals surface area contributed by atoms with Crippen LogP contribution in [0.25, 0.3) is 5.95 Å². The maximum Gasteiger partial charge on any atom is 0.270 e. The molecule has 1 aromatic carbocycles. The van der Waals surface area contributed by atoms with E-state index in [1.807, 2.05) is 25.3 Å². The number of nitrogens with one attached hydrogen (secondary N) is 1. The van der Waals surface area contributed by atoms with E-state index in [4.69, 9.17) is 0 Å². The van der Waals surface area contributed by atoms with Gasteiger partial charge in [0.2, 0.25) is 5.95 Å². The van der Waals surface area contributed by atoms with Gasteiger partial charge in [0.25, 0.3) is 11.6 Å². The lowest BCUT2D eigenvalue weighted by Gasteiger charge is -2.08. The van der Waals surface area contributed by atoms with Gasteiger partial charge in [0.1, 0.15) is 5.82 Å². The van der Waals surface area contributed by atoms with Gasteiger partial charge in [0.15, 0.2) is 0 Å². The fourth-order valence-electron chi connectivity index (χ4n) is 2.54. The summed E-state index contributed by atoms with van der Waals surface area (Å²) < 4.78 is 1.82. The first-order chi connectivity index (χ1) is 12.4. The minimum atomic E-state index is -0.549. The maximum absolute atomic E-state index is 12.3. The number of rotatable bonds is 4.